The monoisotopic (exact) mass is 312 g/mol. The van der Waals surface area contributed by atoms with Crippen LogP contribution >= 0.6 is 0 Å². The number of pyridine rings is 1. The third kappa shape index (κ3) is 4.30. The fraction of sp³-hybridized carbons (Fsp3) is 0.421. The average molecular weight is 312 g/mol. The van der Waals surface area contributed by atoms with Crippen LogP contribution in [0.25, 0.3) is 0 Å². The highest BCUT2D eigenvalue weighted by Gasteiger charge is 2.33. The predicted octanol–water partition coefficient (Wildman–Crippen LogP) is 2.84. The second kappa shape index (κ2) is 7.57. The summed E-state index contributed by atoms with van der Waals surface area (Å²) >= 11 is 0. The Labute approximate surface area is 137 Å². The normalized spacial score (nSPS) is 24.3. The lowest BCUT2D eigenvalue weighted by Gasteiger charge is -2.35. The maximum atomic E-state index is 10.6. The fourth-order valence-electron chi connectivity index (χ4n) is 3.10. The van der Waals surface area contributed by atoms with E-state index in [2.05, 4.69) is 10.3 Å². The van der Waals surface area contributed by atoms with Gasteiger partial charge in [-0.1, -0.05) is 12.1 Å². The maximum absolute atomic E-state index is 10.6. The molecule has 1 saturated carbocycles. The first-order chi connectivity index (χ1) is 11.2. The summed E-state index contributed by atoms with van der Waals surface area (Å²) in [7, 11) is 0. The van der Waals surface area contributed by atoms with Crippen LogP contribution in [0.4, 0.5) is 0 Å². The fourth-order valence-corrected chi connectivity index (χ4v) is 3.10. The molecule has 1 aliphatic rings. The minimum Gasteiger partial charge on any atom is -0.488 e. The Morgan fingerprint density at radius 1 is 1.22 bits per heavy atom. The molecule has 0 spiro atoms. The summed E-state index contributed by atoms with van der Waals surface area (Å²) in [5.74, 6) is 0.837. The molecule has 1 aromatic carbocycles. The van der Waals surface area contributed by atoms with Crippen molar-refractivity contribution in [2.75, 3.05) is 0 Å². The zero-order chi connectivity index (χ0) is 16.1. The van der Waals surface area contributed by atoms with E-state index in [1.807, 2.05) is 43.3 Å². The Bertz CT molecular complexity index is 618. The van der Waals surface area contributed by atoms with Crippen molar-refractivity contribution in [2.45, 2.75) is 51.0 Å². The third-order valence-corrected chi connectivity index (χ3v) is 4.39. The number of nitrogens with zero attached hydrogens (tertiary/aromatic N) is 1. The summed E-state index contributed by atoms with van der Waals surface area (Å²) in [5.41, 5.74) is 2.34. The number of aliphatic hydroxyl groups is 1. The second-order valence-electron chi connectivity index (χ2n) is 6.24. The summed E-state index contributed by atoms with van der Waals surface area (Å²) in [5, 5.41) is 14.1. The first-order valence-electron chi connectivity index (χ1n) is 8.26. The van der Waals surface area contributed by atoms with Crippen LogP contribution in [0.1, 0.15) is 30.4 Å². The summed E-state index contributed by atoms with van der Waals surface area (Å²) in [6.45, 7) is 2.78. The van der Waals surface area contributed by atoms with Crippen molar-refractivity contribution in [1.82, 2.24) is 10.3 Å². The molecule has 3 atom stereocenters. The summed E-state index contributed by atoms with van der Waals surface area (Å²) < 4.78 is 6.03. The Balaban J connectivity index is 1.58. The number of aliphatic hydroxyl groups excluding tert-OH is 1. The van der Waals surface area contributed by atoms with Crippen LogP contribution in [0.2, 0.25) is 0 Å². The Hall–Kier alpha value is -1.91. The van der Waals surface area contributed by atoms with Crippen LogP contribution in [0, 0.1) is 6.92 Å². The van der Waals surface area contributed by atoms with Gasteiger partial charge in [0.15, 0.2) is 0 Å². The molecule has 2 aromatic rings. The van der Waals surface area contributed by atoms with Crippen LogP contribution in [0.15, 0.2) is 48.8 Å². The van der Waals surface area contributed by atoms with Gasteiger partial charge in [0.05, 0.1) is 0 Å². The lowest BCUT2D eigenvalue weighted by atomic mass is 9.89. The molecule has 0 radical (unpaired) electrons. The topological polar surface area (TPSA) is 54.4 Å². The molecule has 1 fully saturated rings. The lowest BCUT2D eigenvalue weighted by Crippen LogP contribution is -2.50. The molecule has 1 heterocycles. The van der Waals surface area contributed by atoms with Gasteiger partial charge in [-0.3, -0.25) is 4.98 Å². The highest BCUT2D eigenvalue weighted by Crippen LogP contribution is 2.25. The molecule has 4 nitrogen and oxygen atoms in total. The van der Waals surface area contributed by atoms with Crippen molar-refractivity contribution >= 4 is 0 Å². The van der Waals surface area contributed by atoms with Gasteiger partial charge in [-0.2, -0.15) is 0 Å². The van der Waals surface area contributed by atoms with E-state index in [-0.39, 0.29) is 12.1 Å². The number of hydrogen-bond acceptors (Lipinski definition) is 4. The van der Waals surface area contributed by atoms with E-state index in [1.54, 1.807) is 12.4 Å². The molecule has 1 aliphatic carbocycles. The first kappa shape index (κ1) is 16.0. The van der Waals surface area contributed by atoms with Crippen molar-refractivity contribution in [2.24, 2.45) is 0 Å². The maximum Gasteiger partial charge on any atom is 0.126 e. The van der Waals surface area contributed by atoms with Crippen LogP contribution in [-0.2, 0) is 6.54 Å². The summed E-state index contributed by atoms with van der Waals surface area (Å²) in [4.78, 5) is 4.02. The van der Waals surface area contributed by atoms with Gasteiger partial charge >= 0.3 is 0 Å². The molecule has 0 bridgehead atoms. The van der Waals surface area contributed by atoms with Gasteiger partial charge in [0.1, 0.15) is 18.0 Å². The van der Waals surface area contributed by atoms with E-state index in [9.17, 15) is 5.11 Å². The minimum absolute atomic E-state index is 0.0618. The number of rotatable bonds is 5. The molecule has 2 N–H and O–H groups in total. The molecule has 0 aliphatic heterocycles. The van der Waals surface area contributed by atoms with E-state index in [0.29, 0.717) is 0 Å². The highest BCUT2D eigenvalue weighted by molar-refractivity contribution is 5.27. The van der Waals surface area contributed by atoms with E-state index in [0.717, 1.165) is 31.6 Å². The predicted molar refractivity (Wildman–Crippen MR) is 90.3 cm³/mol. The molecule has 4 heteroatoms. The standard InChI is InChI=1S/C19H24N2O2/c1-14-4-2-5-16(12-14)23-18-7-3-6-17(19(18)22)21-13-15-8-10-20-11-9-15/h2,4-5,8-12,17-19,21-22H,3,6-7,13H2,1H3/t17-,18+,19+/m0/s1. The van der Waals surface area contributed by atoms with Crippen molar-refractivity contribution in [3.05, 3.63) is 59.9 Å². The van der Waals surface area contributed by atoms with Crippen molar-refractivity contribution < 1.29 is 9.84 Å². The Kier molecular flexibility index (Phi) is 5.26. The van der Waals surface area contributed by atoms with Gasteiger partial charge in [-0.15, -0.1) is 0 Å². The van der Waals surface area contributed by atoms with Gasteiger partial charge in [0, 0.05) is 25.0 Å². The van der Waals surface area contributed by atoms with Crippen LogP contribution in [-0.4, -0.2) is 28.3 Å². The molecule has 0 saturated heterocycles. The van der Waals surface area contributed by atoms with Crippen LogP contribution in [0.3, 0.4) is 0 Å². The zero-order valence-corrected chi connectivity index (χ0v) is 13.5. The van der Waals surface area contributed by atoms with E-state index < -0.39 is 6.10 Å². The van der Waals surface area contributed by atoms with E-state index >= 15 is 0 Å². The van der Waals surface area contributed by atoms with E-state index in [4.69, 9.17) is 4.74 Å². The zero-order valence-electron chi connectivity index (χ0n) is 13.5. The highest BCUT2D eigenvalue weighted by atomic mass is 16.5. The van der Waals surface area contributed by atoms with Crippen LogP contribution in [0.5, 0.6) is 5.75 Å². The average Bonchev–Trinajstić information content (AvgIpc) is 2.57. The molecule has 23 heavy (non-hydrogen) atoms. The molecule has 122 valence electrons. The minimum atomic E-state index is -0.494. The lowest BCUT2D eigenvalue weighted by molar-refractivity contribution is -0.0157. The largest absolute Gasteiger partial charge is 0.488 e. The number of aromatic nitrogens is 1. The number of aryl methyl sites for hydroxylation is 1. The van der Waals surface area contributed by atoms with Gasteiger partial charge in [0.2, 0.25) is 0 Å². The summed E-state index contributed by atoms with van der Waals surface area (Å²) in [6.07, 6.45) is 5.85. The number of nitrogens with one attached hydrogen (secondary N) is 1. The molecule has 0 amide bonds. The number of hydrogen-bond donors (Lipinski definition) is 2. The Morgan fingerprint density at radius 3 is 2.83 bits per heavy atom. The van der Waals surface area contributed by atoms with Crippen LogP contribution < -0.4 is 10.1 Å². The van der Waals surface area contributed by atoms with Gasteiger partial charge < -0.3 is 15.2 Å². The summed E-state index contributed by atoms with van der Waals surface area (Å²) in [6, 6.07) is 12.0. The van der Waals surface area contributed by atoms with E-state index in [1.165, 1.54) is 11.1 Å². The van der Waals surface area contributed by atoms with Gasteiger partial charge in [-0.25, -0.2) is 0 Å². The third-order valence-electron chi connectivity index (χ3n) is 4.39. The van der Waals surface area contributed by atoms with Crippen molar-refractivity contribution in [1.29, 1.82) is 0 Å². The molecular weight excluding hydrogens is 288 g/mol. The van der Waals surface area contributed by atoms with Crippen molar-refractivity contribution in [3.8, 4) is 5.75 Å². The molecule has 0 unspecified atom stereocenters. The van der Waals surface area contributed by atoms with Gasteiger partial charge in [-0.05, 0) is 61.6 Å². The molecular formula is C19H24N2O2. The number of benzene rings is 1. The first-order valence-corrected chi connectivity index (χ1v) is 8.26. The number of ether oxygens (including phenoxy) is 1. The molecule has 1 aromatic heterocycles. The smallest absolute Gasteiger partial charge is 0.126 e. The SMILES string of the molecule is Cc1cccc(O[C@@H]2CCC[C@H](NCc3ccncc3)[C@H]2O)c1. The van der Waals surface area contributed by atoms with Gasteiger partial charge in [0.25, 0.3) is 0 Å². The quantitative estimate of drug-likeness (QED) is 0.891. The second-order valence-corrected chi connectivity index (χ2v) is 6.24. The Morgan fingerprint density at radius 2 is 2.04 bits per heavy atom. The van der Waals surface area contributed by atoms with Crippen molar-refractivity contribution in [3.63, 3.8) is 0 Å². The molecule has 3 rings (SSSR count).